The Kier molecular flexibility index (Phi) is 4.26. The number of hydrogen-bond acceptors (Lipinski definition) is 7. The zero-order valence-corrected chi connectivity index (χ0v) is 16.0. The predicted molar refractivity (Wildman–Crippen MR) is 98.6 cm³/mol. The maximum Gasteiger partial charge on any atom is 0.407 e. The average Bonchev–Trinajstić information content (AvgIpc) is 3.18. The van der Waals surface area contributed by atoms with Crippen LogP contribution in [-0.2, 0) is 11.2 Å². The van der Waals surface area contributed by atoms with Gasteiger partial charge in [0, 0.05) is 51.0 Å². The van der Waals surface area contributed by atoms with Crippen LogP contribution in [0.4, 0.5) is 10.8 Å². The Morgan fingerprint density at radius 2 is 2.15 bits per heavy atom. The van der Waals surface area contributed by atoms with Gasteiger partial charge in [0.1, 0.15) is 5.60 Å². The van der Waals surface area contributed by atoms with Crippen molar-refractivity contribution in [3.63, 3.8) is 0 Å². The van der Waals surface area contributed by atoms with Gasteiger partial charge in [0.05, 0.1) is 6.54 Å². The number of alkyl carbamates (subject to hydrolysis) is 1. The average molecular weight is 375 g/mol. The van der Waals surface area contributed by atoms with Crippen LogP contribution in [0.15, 0.2) is 4.52 Å². The molecule has 1 aliphatic carbocycles. The first-order chi connectivity index (χ1) is 13.2. The second kappa shape index (κ2) is 6.65. The molecule has 5 heterocycles. The minimum Gasteiger partial charge on any atom is -0.441 e. The molecule has 2 bridgehead atoms. The Morgan fingerprint density at radius 1 is 1.30 bits per heavy atom. The van der Waals surface area contributed by atoms with Crippen LogP contribution in [0.5, 0.6) is 0 Å². The highest BCUT2D eigenvalue weighted by atomic mass is 16.6. The fraction of sp³-hybridized carbons (Fsp3) is 0.842. The van der Waals surface area contributed by atoms with E-state index < -0.39 is 0 Å². The fourth-order valence-electron chi connectivity index (χ4n) is 5.53. The van der Waals surface area contributed by atoms with Crippen molar-refractivity contribution in [3.8, 4) is 0 Å². The molecular weight excluding hydrogens is 346 g/mol. The summed E-state index contributed by atoms with van der Waals surface area (Å²) in [5, 5.41) is 6.93. The lowest BCUT2D eigenvalue weighted by Crippen LogP contribution is -2.57. The third-order valence-corrected chi connectivity index (χ3v) is 7.10. The molecule has 4 aliphatic heterocycles. The zero-order valence-electron chi connectivity index (χ0n) is 16.0. The van der Waals surface area contributed by atoms with Gasteiger partial charge < -0.3 is 19.5 Å². The molecule has 3 atom stereocenters. The number of amides is 1. The topological polar surface area (TPSA) is 83.7 Å². The van der Waals surface area contributed by atoms with E-state index in [1.165, 1.54) is 25.7 Å². The quantitative estimate of drug-likeness (QED) is 0.864. The van der Waals surface area contributed by atoms with Gasteiger partial charge in [0.2, 0.25) is 0 Å². The van der Waals surface area contributed by atoms with Crippen molar-refractivity contribution in [2.45, 2.75) is 69.6 Å². The van der Waals surface area contributed by atoms with Gasteiger partial charge in [-0.1, -0.05) is 18.5 Å². The number of fused-ring (bicyclic) bond motifs is 4. The summed E-state index contributed by atoms with van der Waals surface area (Å²) >= 11 is 0. The van der Waals surface area contributed by atoms with E-state index in [9.17, 15) is 4.79 Å². The lowest BCUT2D eigenvalue weighted by molar-refractivity contribution is -0.0216. The number of carbonyl (C=O) groups excluding carboxylic acids is 1. The van der Waals surface area contributed by atoms with Crippen molar-refractivity contribution < 1.29 is 14.1 Å². The lowest BCUT2D eigenvalue weighted by Gasteiger charge is -2.48. The minimum atomic E-state index is -0.260. The highest BCUT2D eigenvalue weighted by Crippen LogP contribution is 2.40. The SMILES string of the molecule is CCc1noc(N2CC3CCCC2CC3N2CCC3(CC2)CNC(=O)O3)n1. The summed E-state index contributed by atoms with van der Waals surface area (Å²) in [7, 11) is 0. The first-order valence-electron chi connectivity index (χ1n) is 10.5. The highest BCUT2D eigenvalue weighted by Gasteiger charge is 2.47. The Balaban J connectivity index is 1.27. The molecular formula is C19H29N5O3. The van der Waals surface area contributed by atoms with Gasteiger partial charge in [0.15, 0.2) is 5.82 Å². The van der Waals surface area contributed by atoms with Crippen LogP contribution in [-0.4, -0.2) is 65.0 Å². The van der Waals surface area contributed by atoms with Gasteiger partial charge in [-0.2, -0.15) is 4.98 Å². The number of ether oxygens (including phenoxy) is 1. The maximum atomic E-state index is 11.5. The molecule has 5 aliphatic rings. The van der Waals surface area contributed by atoms with E-state index in [1.807, 2.05) is 0 Å². The highest BCUT2D eigenvalue weighted by molar-refractivity contribution is 5.70. The second-order valence-electron chi connectivity index (χ2n) is 8.61. The number of anilines is 1. The summed E-state index contributed by atoms with van der Waals surface area (Å²) < 4.78 is 11.1. The molecule has 8 heteroatoms. The predicted octanol–water partition coefficient (Wildman–Crippen LogP) is 1.95. The first kappa shape index (κ1) is 17.3. The number of nitrogens with zero attached hydrogens (tertiary/aromatic N) is 4. The number of aryl methyl sites for hydroxylation is 1. The standard InChI is InChI=1S/C19H29N5O3/c1-2-16-21-17(27-22-16)24-11-13-4-3-5-14(24)10-15(13)23-8-6-19(7-9-23)12-20-18(25)26-19/h13-15H,2-12H2,1H3,(H,20,25). The van der Waals surface area contributed by atoms with E-state index in [-0.39, 0.29) is 11.7 Å². The number of hydrogen-bond donors (Lipinski definition) is 1. The van der Waals surface area contributed by atoms with Gasteiger partial charge in [0.25, 0.3) is 0 Å². The van der Waals surface area contributed by atoms with Crippen molar-refractivity contribution in [2.24, 2.45) is 5.92 Å². The summed E-state index contributed by atoms with van der Waals surface area (Å²) in [5.74, 6) is 1.43. The van der Waals surface area contributed by atoms with Crippen LogP contribution in [0.3, 0.4) is 0 Å². The van der Waals surface area contributed by atoms with E-state index in [1.54, 1.807) is 0 Å². The largest absolute Gasteiger partial charge is 0.441 e. The van der Waals surface area contributed by atoms with Crippen LogP contribution in [0.2, 0.25) is 0 Å². The molecule has 0 radical (unpaired) electrons. The molecule has 6 rings (SSSR count). The third kappa shape index (κ3) is 3.07. The number of piperidine rings is 2. The van der Waals surface area contributed by atoms with Crippen LogP contribution in [0.1, 0.15) is 51.3 Å². The fourth-order valence-corrected chi connectivity index (χ4v) is 5.53. The van der Waals surface area contributed by atoms with Crippen molar-refractivity contribution >= 4 is 12.1 Å². The Morgan fingerprint density at radius 3 is 2.85 bits per heavy atom. The van der Waals surface area contributed by atoms with E-state index in [2.05, 4.69) is 32.2 Å². The van der Waals surface area contributed by atoms with E-state index >= 15 is 0 Å². The molecule has 5 fully saturated rings. The normalized spacial score (nSPS) is 33.1. The van der Waals surface area contributed by atoms with Crippen molar-refractivity contribution in [1.82, 2.24) is 20.4 Å². The van der Waals surface area contributed by atoms with Crippen LogP contribution < -0.4 is 10.2 Å². The van der Waals surface area contributed by atoms with Crippen molar-refractivity contribution in [3.05, 3.63) is 5.82 Å². The molecule has 148 valence electrons. The number of likely N-dealkylation sites (tertiary alicyclic amines) is 1. The number of carbonyl (C=O) groups is 1. The van der Waals surface area contributed by atoms with Gasteiger partial charge >= 0.3 is 12.1 Å². The van der Waals surface area contributed by atoms with E-state index in [0.717, 1.165) is 44.7 Å². The second-order valence-corrected chi connectivity index (χ2v) is 8.61. The Labute approximate surface area is 159 Å². The van der Waals surface area contributed by atoms with Gasteiger partial charge in [-0.3, -0.25) is 4.90 Å². The molecule has 1 spiro atoms. The molecule has 0 aromatic carbocycles. The molecule has 1 amide bonds. The summed E-state index contributed by atoms with van der Waals surface area (Å²) in [6.07, 6.45) is 7.35. The summed E-state index contributed by atoms with van der Waals surface area (Å²) in [6, 6.07) is 1.81. The molecule has 1 N–H and O–H groups in total. The van der Waals surface area contributed by atoms with Gasteiger partial charge in [-0.05, 0) is 25.2 Å². The van der Waals surface area contributed by atoms with E-state index in [4.69, 9.17) is 9.26 Å². The molecule has 4 saturated heterocycles. The maximum absolute atomic E-state index is 11.5. The summed E-state index contributed by atoms with van der Waals surface area (Å²) in [5.41, 5.74) is -0.260. The Hall–Kier alpha value is -1.83. The number of rotatable bonds is 3. The Bertz CT molecular complexity index is 699. The third-order valence-electron chi connectivity index (χ3n) is 7.10. The molecule has 1 saturated carbocycles. The summed E-state index contributed by atoms with van der Waals surface area (Å²) in [6.45, 7) is 5.77. The van der Waals surface area contributed by atoms with Crippen molar-refractivity contribution in [2.75, 3.05) is 31.1 Å². The lowest BCUT2D eigenvalue weighted by atomic mass is 9.84. The van der Waals surface area contributed by atoms with Crippen LogP contribution in [0, 0.1) is 5.92 Å². The monoisotopic (exact) mass is 375 g/mol. The minimum absolute atomic E-state index is 0.251. The van der Waals surface area contributed by atoms with E-state index in [0.29, 0.717) is 30.6 Å². The van der Waals surface area contributed by atoms with Gasteiger partial charge in [-0.15, -0.1) is 0 Å². The molecule has 8 nitrogen and oxygen atoms in total. The van der Waals surface area contributed by atoms with Gasteiger partial charge in [-0.25, -0.2) is 4.79 Å². The molecule has 1 aromatic rings. The number of nitrogens with one attached hydrogen (secondary N) is 1. The van der Waals surface area contributed by atoms with Crippen molar-refractivity contribution in [1.29, 1.82) is 0 Å². The first-order valence-corrected chi connectivity index (χ1v) is 10.5. The molecule has 3 unspecified atom stereocenters. The molecule has 27 heavy (non-hydrogen) atoms. The van der Waals surface area contributed by atoms with Crippen LogP contribution in [0.25, 0.3) is 0 Å². The zero-order chi connectivity index (χ0) is 18.4. The summed E-state index contributed by atoms with van der Waals surface area (Å²) in [4.78, 5) is 21.1. The smallest absolute Gasteiger partial charge is 0.407 e. The number of aromatic nitrogens is 2. The van der Waals surface area contributed by atoms with Crippen LogP contribution >= 0.6 is 0 Å². The molecule has 1 aromatic heterocycles.